The highest BCUT2D eigenvalue weighted by Gasteiger charge is 2.45. The van der Waals surface area contributed by atoms with Crippen molar-refractivity contribution in [3.63, 3.8) is 0 Å². The maximum atomic E-state index is 14.3. The number of nitrogens with two attached hydrogens (primary N) is 1. The Morgan fingerprint density at radius 2 is 1.68 bits per heavy atom. The lowest BCUT2D eigenvalue weighted by Gasteiger charge is -2.35. The predicted octanol–water partition coefficient (Wildman–Crippen LogP) is 4.81. The van der Waals surface area contributed by atoms with Crippen LogP contribution in [0.2, 0.25) is 5.02 Å². The molecule has 428 valence electrons. The van der Waals surface area contributed by atoms with Crippen molar-refractivity contribution in [2.24, 2.45) is 11.1 Å². The summed E-state index contributed by atoms with van der Waals surface area (Å²) >= 11 is 8.39. The summed E-state index contributed by atoms with van der Waals surface area (Å²) in [4.78, 5) is 135. The van der Waals surface area contributed by atoms with Gasteiger partial charge in [0, 0.05) is 48.8 Å². The normalized spacial score (nSPS) is 17.6. The van der Waals surface area contributed by atoms with Gasteiger partial charge in [0.15, 0.2) is 0 Å². The van der Waals surface area contributed by atoms with Gasteiger partial charge in [0.2, 0.25) is 35.4 Å². The topological polar surface area (TPSA) is 333 Å². The number of halogens is 1. The number of H-pyrrole nitrogens is 1. The number of benzene rings is 3. The highest BCUT2D eigenvalue weighted by Crippen LogP contribution is 2.40. The molecule has 0 bridgehead atoms. The lowest BCUT2D eigenvalue weighted by atomic mass is 9.85. The molecule has 7 rings (SSSR count). The summed E-state index contributed by atoms with van der Waals surface area (Å²) in [7, 11) is -5.04. The van der Waals surface area contributed by atoms with E-state index in [2.05, 4.69) is 31.2 Å². The van der Waals surface area contributed by atoms with E-state index in [1.807, 2.05) is 58.9 Å². The number of carbonyl (C=O) groups is 8. The van der Waals surface area contributed by atoms with Crippen molar-refractivity contribution in [2.45, 2.75) is 122 Å². The smallest absolute Gasteiger partial charge is 0.396 e. The summed E-state index contributed by atoms with van der Waals surface area (Å²) in [5.41, 5.74) is 8.76. The lowest BCUT2D eigenvalue weighted by molar-refractivity contribution is -0.144. The summed E-state index contributed by atoms with van der Waals surface area (Å²) in [6.07, 6.45) is 0.589. The molecular weight excluding hydrogens is 1090 g/mol. The maximum Gasteiger partial charge on any atom is 0.396 e. The lowest BCUT2D eigenvalue weighted by Crippen LogP contribution is -2.57. The molecule has 2 aromatic heterocycles. The van der Waals surface area contributed by atoms with Crippen LogP contribution in [0.4, 0.5) is 0 Å². The van der Waals surface area contributed by atoms with E-state index in [0.29, 0.717) is 42.1 Å². The highest BCUT2D eigenvalue weighted by atomic mass is 35.5. The molecule has 2 saturated heterocycles. The minimum absolute atomic E-state index is 0.0152. The zero-order chi connectivity index (χ0) is 58.2. The van der Waals surface area contributed by atoms with Gasteiger partial charge in [0.05, 0.1) is 45.8 Å². The molecule has 0 saturated carbocycles. The minimum Gasteiger partial charge on any atom is -0.490 e. The number of rotatable bonds is 23. The van der Waals surface area contributed by atoms with Gasteiger partial charge in [0.1, 0.15) is 36.2 Å². The van der Waals surface area contributed by atoms with E-state index in [0.717, 1.165) is 21.7 Å². The number of hydrogen-bond donors (Lipinski definition) is 9. The molecule has 3 aromatic carbocycles. The van der Waals surface area contributed by atoms with E-state index in [1.54, 1.807) is 35.0 Å². The van der Waals surface area contributed by atoms with E-state index in [9.17, 15) is 57.8 Å². The van der Waals surface area contributed by atoms with Gasteiger partial charge in [0.25, 0.3) is 11.4 Å². The number of amides is 7. The van der Waals surface area contributed by atoms with Gasteiger partial charge in [-0.15, -0.1) is 11.3 Å². The van der Waals surface area contributed by atoms with Gasteiger partial charge in [-0.3, -0.25) is 42.9 Å². The first-order valence-corrected chi connectivity index (χ1v) is 29.0. The first-order chi connectivity index (χ1) is 37.8. The summed E-state index contributed by atoms with van der Waals surface area (Å²) in [6.45, 7) is 8.77. The number of hydrogen-bond acceptors (Lipinski definition) is 13. The first-order valence-electron chi connectivity index (χ1n) is 26.2. The van der Waals surface area contributed by atoms with Gasteiger partial charge >= 0.3 is 7.60 Å². The highest BCUT2D eigenvalue weighted by molar-refractivity contribution is 7.70. The zero-order valence-electron chi connectivity index (χ0n) is 45.0. The monoisotopic (exact) mass is 1160 g/mol. The second-order valence-corrected chi connectivity index (χ2v) is 24.0. The van der Waals surface area contributed by atoms with Crippen molar-refractivity contribution in [1.82, 2.24) is 41.0 Å². The van der Waals surface area contributed by atoms with Crippen LogP contribution in [0.5, 0.6) is 5.75 Å². The Hall–Kier alpha value is -7.01. The Labute approximate surface area is 471 Å². The Bertz CT molecular complexity index is 3190. The molecule has 2 aliphatic heterocycles. The van der Waals surface area contributed by atoms with Crippen LogP contribution in [-0.4, -0.2) is 138 Å². The van der Waals surface area contributed by atoms with Crippen LogP contribution in [0.25, 0.3) is 21.3 Å². The molecule has 6 atom stereocenters. The number of aryl methyl sites for hydroxylation is 2. The molecule has 0 unspecified atom stereocenters. The van der Waals surface area contributed by atoms with Crippen LogP contribution in [-0.2, 0) is 39.8 Å². The molecule has 0 aliphatic carbocycles. The number of primary amides is 1. The SMILES string of the molecule is Cc1ncsc1-c1ccc([C@H](C)NC(=O)[C@@H]2C[C@@H](O)CN2C(=O)[C@@H](NC(=O)CCCc2cccc(OC[C@H](CCC(N)=O)NC(=O)[C@@H]3CCCN3C(=O)CNC(=O)c3cc4cc(C(=O)P(=O)(O)O)ccc4[nH]3)c2Cl)C(C)(C)C)cc1. The molecule has 4 heterocycles. The van der Waals surface area contributed by atoms with Crippen molar-refractivity contribution >= 4 is 88.3 Å². The largest absolute Gasteiger partial charge is 0.490 e. The molecule has 10 N–H and O–H groups in total. The molecular formula is C55H67ClN9O13PS. The van der Waals surface area contributed by atoms with Crippen molar-refractivity contribution in [3.8, 4) is 16.2 Å². The van der Waals surface area contributed by atoms with Gasteiger partial charge in [-0.2, -0.15) is 0 Å². The fraction of sp³-hybridized carbons (Fsp3) is 0.436. The average Bonchev–Trinajstić information content (AvgIpc) is 4.32. The standard InChI is InChI=1S/C55H67ClN9O13PS/c1-30(32-14-16-34(17-15-32)48-31(2)59-29-80-48)60-52(72)42-25-38(66)27-65(42)53(73)49(55(3,4)5)63-45(68)13-7-10-33-9-6-12-43(47(33)56)78-28-37(19-21-44(57)67)61-51(71)41-11-8-22-64(41)46(69)26-58-50(70)40-24-36-23-35(18-20-39(36)62-40)54(74)79(75,76)77/h6,9,12,14-18,20,23-24,29-30,37-38,41-42,49,62,66H,7-8,10-11,13,19,21-22,25-28H2,1-5H3,(H2,57,67)(H,58,70)(H,60,72)(H,61,71)(H,63,68)(H2,75,76,77)/t30-,37-,38+,41-,42-,49+/m0/s1. The number of β-amino-alcohol motifs (C(OH)–C–C–N with tert-alkyl or cyclic N) is 1. The number of nitrogens with zero attached hydrogens (tertiary/aromatic N) is 3. The first kappa shape index (κ1) is 60.6. The van der Waals surface area contributed by atoms with Crippen molar-refractivity contribution in [3.05, 3.63) is 105 Å². The van der Waals surface area contributed by atoms with Crippen LogP contribution in [0.1, 0.15) is 116 Å². The third-order valence-electron chi connectivity index (χ3n) is 14.1. The second kappa shape index (κ2) is 26.1. The van der Waals surface area contributed by atoms with E-state index in [1.165, 1.54) is 34.1 Å². The van der Waals surface area contributed by atoms with Crippen LogP contribution in [0, 0.1) is 12.3 Å². The molecule has 80 heavy (non-hydrogen) atoms. The van der Waals surface area contributed by atoms with Crippen LogP contribution < -0.4 is 31.7 Å². The summed E-state index contributed by atoms with van der Waals surface area (Å²) in [5, 5.41) is 22.6. The number of nitrogens with one attached hydrogen (secondary N) is 5. The molecule has 2 fully saturated rings. The molecule has 22 nitrogen and oxygen atoms in total. The third kappa shape index (κ3) is 15.3. The number of fused-ring (bicyclic) bond motifs is 1. The molecule has 0 radical (unpaired) electrons. The van der Waals surface area contributed by atoms with E-state index < -0.39 is 103 Å². The minimum atomic E-state index is -5.04. The fourth-order valence-electron chi connectivity index (χ4n) is 9.80. The van der Waals surface area contributed by atoms with Gasteiger partial charge in [-0.05, 0) is 98.4 Å². The molecule has 2 aliphatic rings. The Kier molecular flexibility index (Phi) is 19.7. The average molecular weight is 1160 g/mol. The van der Waals surface area contributed by atoms with Crippen molar-refractivity contribution in [2.75, 3.05) is 26.2 Å². The van der Waals surface area contributed by atoms with Crippen molar-refractivity contribution in [1.29, 1.82) is 0 Å². The maximum absolute atomic E-state index is 14.3. The van der Waals surface area contributed by atoms with E-state index >= 15 is 0 Å². The summed E-state index contributed by atoms with van der Waals surface area (Å²) in [6, 6.07) is 14.1. The molecule has 5 aromatic rings. The van der Waals surface area contributed by atoms with Gasteiger partial charge in [-0.1, -0.05) is 68.8 Å². The summed E-state index contributed by atoms with van der Waals surface area (Å²) in [5.74, 6) is -3.39. The number of aromatic nitrogens is 2. The fourth-order valence-corrected chi connectivity index (χ4v) is 11.4. The number of carbonyl (C=O) groups excluding carboxylic acids is 8. The van der Waals surface area contributed by atoms with Crippen LogP contribution in [0.3, 0.4) is 0 Å². The number of aliphatic hydroxyl groups excluding tert-OH is 1. The van der Waals surface area contributed by atoms with Crippen molar-refractivity contribution < 1.29 is 62.6 Å². The predicted molar refractivity (Wildman–Crippen MR) is 298 cm³/mol. The van der Waals surface area contributed by atoms with Crippen LogP contribution in [0.15, 0.2) is 72.2 Å². The molecule has 7 amide bonds. The number of aliphatic hydroxyl groups is 1. The summed E-state index contributed by atoms with van der Waals surface area (Å²) < 4.78 is 17.6. The second-order valence-electron chi connectivity index (χ2n) is 21.2. The van der Waals surface area contributed by atoms with Gasteiger partial charge in [-0.25, -0.2) is 4.98 Å². The third-order valence-corrected chi connectivity index (χ3v) is 16.3. The van der Waals surface area contributed by atoms with Gasteiger partial charge < -0.3 is 61.4 Å². The van der Waals surface area contributed by atoms with E-state index in [-0.39, 0.29) is 67.4 Å². The Balaban J connectivity index is 0.898. The van der Waals surface area contributed by atoms with E-state index in [4.69, 9.17) is 22.1 Å². The molecule has 25 heteroatoms. The Morgan fingerprint density at radius 3 is 2.35 bits per heavy atom. The van der Waals surface area contributed by atoms with Crippen LogP contribution >= 0.6 is 30.5 Å². The molecule has 0 spiro atoms. The number of thiazole rings is 1. The zero-order valence-corrected chi connectivity index (χ0v) is 47.4. The number of aromatic amines is 1. The number of ether oxygens (including phenoxy) is 1. The quantitative estimate of drug-likeness (QED) is 0.0397. The Morgan fingerprint density at radius 1 is 0.950 bits per heavy atom. The number of likely N-dealkylation sites (tertiary alicyclic amines) is 2.